The van der Waals surface area contributed by atoms with Crippen LogP contribution in [0.25, 0.3) is 0 Å². The topological polar surface area (TPSA) is 340 Å². The Morgan fingerprint density at radius 1 is 1.09 bits per heavy atom. The number of nitrogen functional groups attached to an aromatic ring is 1. The van der Waals surface area contributed by atoms with Crippen molar-refractivity contribution in [3.63, 3.8) is 0 Å². The summed E-state index contributed by atoms with van der Waals surface area (Å²) < 4.78 is 32.1. The summed E-state index contributed by atoms with van der Waals surface area (Å²) in [4.78, 5) is 55.6. The summed E-state index contributed by atoms with van der Waals surface area (Å²) >= 11 is 0. The van der Waals surface area contributed by atoms with E-state index >= 15 is 0 Å². The zero-order valence-electron chi connectivity index (χ0n) is 29.1. The Balaban J connectivity index is 1.10. The summed E-state index contributed by atoms with van der Waals surface area (Å²) in [5.74, 6) is -2.65. The monoisotopic (exact) mass is 788 g/mol. The molecule has 3 aliphatic heterocycles. The molecule has 2 saturated heterocycles. The molecule has 1 aromatic heterocycles. The number of carboxylic acid groups (broad SMARTS) is 2. The number of aliphatic hydroxyl groups is 5. The highest BCUT2D eigenvalue weighted by Gasteiger charge is 2.47. The maximum absolute atomic E-state index is 12.8. The van der Waals surface area contributed by atoms with Crippen molar-refractivity contribution in [1.82, 2.24) is 9.97 Å². The number of nitrogens with two attached hydrogens (primary N) is 1. The highest BCUT2D eigenvalue weighted by Crippen LogP contribution is 2.46. The Morgan fingerprint density at radius 3 is 2.43 bits per heavy atom. The second kappa shape index (κ2) is 16.8. The number of carboxylic acids is 2. The van der Waals surface area contributed by atoms with Crippen LogP contribution in [0.3, 0.4) is 0 Å². The van der Waals surface area contributed by atoms with Crippen LogP contribution in [0.4, 0.5) is 23.1 Å². The van der Waals surface area contributed by atoms with Gasteiger partial charge in [0, 0.05) is 24.6 Å². The molecular formula is C31H45N6O16P. The lowest BCUT2D eigenvalue weighted by Gasteiger charge is -2.37. The number of ether oxygens (including phenoxy) is 2. The molecule has 1 unspecified atom stereocenters. The number of nitrogens with zero attached hydrogens (tertiary/aromatic N) is 3. The molecule has 2 fully saturated rings. The Kier molecular flexibility index (Phi) is 12.9. The zero-order chi connectivity index (χ0) is 39.6. The number of benzene rings is 1. The number of hydrogen-bond donors (Lipinski definition) is 11. The van der Waals surface area contributed by atoms with Gasteiger partial charge in [0.2, 0.25) is 5.95 Å². The molecule has 12 atom stereocenters. The first kappa shape index (κ1) is 41.2. The lowest BCUT2D eigenvalue weighted by molar-refractivity contribution is -0.192. The lowest BCUT2D eigenvalue weighted by Crippen LogP contribution is -2.52. The average Bonchev–Trinajstić information content (AvgIpc) is 3.58. The number of phosphoric acid groups is 1. The Morgan fingerprint density at radius 2 is 1.78 bits per heavy atom. The van der Waals surface area contributed by atoms with Crippen LogP contribution in [0.15, 0.2) is 29.1 Å². The molecule has 12 N–H and O–H groups in total. The van der Waals surface area contributed by atoms with Gasteiger partial charge in [0.05, 0.1) is 38.1 Å². The molecule has 0 amide bonds. The second-order valence-corrected chi connectivity index (χ2v) is 14.8. The molecule has 4 heterocycles. The number of aromatic amines is 1. The van der Waals surface area contributed by atoms with E-state index in [1.165, 1.54) is 0 Å². The Hall–Kier alpha value is -3.93. The first-order valence-electron chi connectivity index (χ1n) is 16.9. The number of hydrogen-bond acceptors (Lipinski definition) is 18. The van der Waals surface area contributed by atoms with E-state index < -0.39 is 94.8 Å². The number of aromatic nitrogens is 2. The van der Waals surface area contributed by atoms with Gasteiger partial charge in [0.1, 0.15) is 36.2 Å². The van der Waals surface area contributed by atoms with Crippen molar-refractivity contribution in [2.45, 2.75) is 100 Å². The molecule has 300 valence electrons. The third-order valence-electron chi connectivity index (χ3n) is 9.54. The minimum Gasteiger partial charge on any atom is -0.481 e. The van der Waals surface area contributed by atoms with Crippen LogP contribution in [0.1, 0.15) is 32.3 Å². The molecule has 23 heteroatoms. The van der Waals surface area contributed by atoms with Crippen LogP contribution in [0.5, 0.6) is 0 Å². The van der Waals surface area contributed by atoms with E-state index in [0.29, 0.717) is 23.7 Å². The molecule has 0 radical (unpaired) electrons. The molecule has 1 aromatic carbocycles. The number of rotatable bonds is 17. The number of H-pyrrole nitrogens is 1. The summed E-state index contributed by atoms with van der Waals surface area (Å²) in [7, 11) is -5.11. The SMILES string of the molecule is C[C@H]1Nc2nc(N)[nH]c(=O)c2N2CN(c3ccc(C[C@@H](O)[C@@H](O)[C@H](O)CO[C@H]4O[C@H](COP(=O)(O)O[C@@H](CCC(=O)O)C(=O)O)[C@@H](O)[C@@H]4O)cc3)[C@@H](C)[C@H]12. The molecule has 0 saturated carbocycles. The van der Waals surface area contributed by atoms with Gasteiger partial charge < -0.3 is 71.0 Å². The number of nitrogens with one attached hydrogen (secondary N) is 2. The number of anilines is 4. The standard InChI is InChI=1S/C31H45N6O16P/c1-13-22-14(2)36(12-37(22)23-27(33-13)34-31(32)35-28(23)45)16-5-3-15(4-6-16)9-17(38)24(42)18(39)10-50-30-26(44)25(43)20(52-30)11-51-54(48,49)53-19(29(46)47)7-8-21(40)41/h3-6,13-14,17-20,22,24-26,30,38-39,42-44H,7-12H2,1-2H3,(H,40,41)(H,46,47)(H,48,49)(H4,32,33,34,35,45)/t13-,14+,17-,18-,19+,20-,22+,24-,25-,26+,30+/m1/s1. The van der Waals surface area contributed by atoms with Gasteiger partial charge in [-0.3, -0.25) is 23.6 Å². The molecule has 5 rings (SSSR count). The third kappa shape index (κ3) is 9.29. The molecule has 3 aliphatic rings. The molecule has 54 heavy (non-hydrogen) atoms. The summed E-state index contributed by atoms with van der Waals surface area (Å²) in [5.41, 5.74) is 7.27. The second-order valence-electron chi connectivity index (χ2n) is 13.4. The lowest BCUT2D eigenvalue weighted by atomic mass is 9.98. The third-order valence-corrected chi connectivity index (χ3v) is 10.5. The van der Waals surface area contributed by atoms with Gasteiger partial charge in [-0.2, -0.15) is 4.98 Å². The van der Waals surface area contributed by atoms with Gasteiger partial charge in [-0.1, -0.05) is 12.1 Å². The van der Waals surface area contributed by atoms with E-state index in [-0.39, 0.29) is 36.1 Å². The number of phosphoric ester groups is 1. The van der Waals surface area contributed by atoms with Crippen molar-refractivity contribution in [3.8, 4) is 0 Å². The fourth-order valence-electron chi connectivity index (χ4n) is 6.77. The average molecular weight is 789 g/mol. The highest BCUT2D eigenvalue weighted by atomic mass is 31.2. The van der Waals surface area contributed by atoms with E-state index in [1.54, 1.807) is 12.1 Å². The largest absolute Gasteiger partial charge is 0.481 e. The van der Waals surface area contributed by atoms with Crippen LogP contribution >= 0.6 is 7.82 Å². The fourth-order valence-corrected chi connectivity index (χ4v) is 7.68. The van der Waals surface area contributed by atoms with Crippen molar-refractivity contribution in [1.29, 1.82) is 0 Å². The molecule has 0 aliphatic carbocycles. The van der Waals surface area contributed by atoms with Crippen LogP contribution in [-0.2, 0) is 39.1 Å². The minimum absolute atomic E-state index is 0.0155. The highest BCUT2D eigenvalue weighted by molar-refractivity contribution is 7.47. The maximum atomic E-state index is 12.8. The molecule has 0 bridgehead atoms. The van der Waals surface area contributed by atoms with Gasteiger partial charge in [-0.25, -0.2) is 9.36 Å². The fraction of sp³-hybridized carbons (Fsp3) is 0.613. The van der Waals surface area contributed by atoms with E-state index in [9.17, 15) is 49.4 Å². The quantitative estimate of drug-likeness (QED) is 0.0754. The van der Waals surface area contributed by atoms with Gasteiger partial charge in [-0.15, -0.1) is 0 Å². The van der Waals surface area contributed by atoms with Crippen LogP contribution in [-0.4, -0.2) is 150 Å². The first-order valence-corrected chi connectivity index (χ1v) is 18.4. The van der Waals surface area contributed by atoms with Crippen LogP contribution in [0, 0.1) is 0 Å². The van der Waals surface area contributed by atoms with Crippen LogP contribution < -0.4 is 26.4 Å². The first-order chi connectivity index (χ1) is 25.4. The molecular weight excluding hydrogens is 743 g/mol. The zero-order valence-corrected chi connectivity index (χ0v) is 30.0. The minimum atomic E-state index is -5.11. The van der Waals surface area contributed by atoms with E-state index in [1.807, 2.05) is 30.9 Å². The predicted octanol–water partition coefficient (Wildman–Crippen LogP) is -2.25. The van der Waals surface area contributed by atoms with Gasteiger partial charge in [0.15, 0.2) is 18.2 Å². The Labute approximate surface area is 307 Å². The van der Waals surface area contributed by atoms with Crippen molar-refractivity contribution in [2.24, 2.45) is 0 Å². The smallest absolute Gasteiger partial charge is 0.473 e. The van der Waals surface area contributed by atoms with Gasteiger partial charge in [-0.05, 0) is 38.0 Å². The molecule has 2 aromatic rings. The van der Waals surface area contributed by atoms with Crippen LogP contribution in [0.2, 0.25) is 0 Å². The van der Waals surface area contributed by atoms with Gasteiger partial charge in [0.25, 0.3) is 5.56 Å². The number of carbonyl (C=O) groups is 2. The summed E-state index contributed by atoms with van der Waals surface area (Å²) in [6.07, 6.45) is -14.9. The number of fused-ring (bicyclic) bond motifs is 3. The summed E-state index contributed by atoms with van der Waals surface area (Å²) in [6, 6.07) is 7.06. The molecule has 0 spiro atoms. The summed E-state index contributed by atoms with van der Waals surface area (Å²) in [5, 5.41) is 73.6. The van der Waals surface area contributed by atoms with E-state index in [4.69, 9.17) is 25.4 Å². The predicted molar refractivity (Wildman–Crippen MR) is 185 cm³/mol. The van der Waals surface area contributed by atoms with Gasteiger partial charge >= 0.3 is 19.8 Å². The van der Waals surface area contributed by atoms with Crippen molar-refractivity contribution >= 4 is 42.9 Å². The number of aliphatic carboxylic acids is 2. The van der Waals surface area contributed by atoms with E-state index in [2.05, 4.69) is 29.2 Å². The van der Waals surface area contributed by atoms with Crippen molar-refractivity contribution in [2.75, 3.05) is 40.7 Å². The summed E-state index contributed by atoms with van der Waals surface area (Å²) in [6.45, 7) is 2.86. The Bertz CT molecular complexity index is 1750. The molecule has 22 nitrogen and oxygen atoms in total. The van der Waals surface area contributed by atoms with Crippen molar-refractivity contribution < 1.29 is 73.3 Å². The van der Waals surface area contributed by atoms with Crippen molar-refractivity contribution in [3.05, 3.63) is 40.2 Å². The number of aliphatic hydroxyl groups excluding tert-OH is 5. The maximum Gasteiger partial charge on any atom is 0.473 e. The normalized spacial score (nSPS) is 28.3. The van der Waals surface area contributed by atoms with E-state index in [0.717, 1.165) is 5.69 Å².